The number of aromatic nitrogens is 1. The maximum atomic E-state index is 11.9. The van der Waals surface area contributed by atoms with Crippen LogP contribution < -0.4 is 0 Å². The van der Waals surface area contributed by atoms with Gasteiger partial charge in [0.2, 0.25) is 0 Å². The third kappa shape index (κ3) is 3.55. The summed E-state index contributed by atoms with van der Waals surface area (Å²) in [6, 6.07) is 27.5. The molecule has 0 atom stereocenters. The first-order valence-corrected chi connectivity index (χ1v) is 11.2. The van der Waals surface area contributed by atoms with E-state index >= 15 is 0 Å². The molecule has 5 heteroatoms. The summed E-state index contributed by atoms with van der Waals surface area (Å²) < 4.78 is 0.999. The minimum Gasteiger partial charge on any atom is -0.258 e. The van der Waals surface area contributed by atoms with E-state index in [-0.39, 0.29) is 10.6 Å². The molecule has 0 fully saturated rings. The fourth-order valence-corrected chi connectivity index (χ4v) is 4.42. The van der Waals surface area contributed by atoms with Gasteiger partial charge in [-0.2, -0.15) is 0 Å². The van der Waals surface area contributed by atoms with E-state index in [0.717, 1.165) is 49.6 Å². The van der Waals surface area contributed by atoms with Crippen LogP contribution in [0.25, 0.3) is 44.1 Å². The number of halogens is 1. The lowest BCUT2D eigenvalue weighted by molar-refractivity contribution is -0.383. The molecular formula is C27H19BrN2O2. The molecule has 0 aliphatic carbocycles. The smallest absolute Gasteiger partial charge is 0.258 e. The van der Waals surface area contributed by atoms with E-state index in [1.54, 1.807) is 12.1 Å². The monoisotopic (exact) mass is 482 g/mol. The topological polar surface area (TPSA) is 56.0 Å². The van der Waals surface area contributed by atoms with Gasteiger partial charge < -0.3 is 0 Å². The van der Waals surface area contributed by atoms with E-state index in [0.29, 0.717) is 5.39 Å². The molecule has 0 saturated heterocycles. The number of aryl methyl sites for hydroxylation is 1. The molecule has 0 N–H and O–H groups in total. The molecule has 0 aliphatic heterocycles. The van der Waals surface area contributed by atoms with Crippen LogP contribution in [0, 0.1) is 10.1 Å². The Bertz CT molecular complexity index is 1480. The number of fused-ring (bicyclic) bond motifs is 3. The zero-order chi connectivity index (χ0) is 22.2. The standard InChI is InChI=1S/C27H19BrN2O2/c1-2-17-6-8-18(9-7-17)22-16-24(19-10-13-21(28)14-11-19)29-23-15-12-20-4-3-5-25(30(31)32)26(20)27(22)23/h3-16H,2H2,1H3. The van der Waals surface area contributed by atoms with Crippen molar-refractivity contribution >= 4 is 43.3 Å². The van der Waals surface area contributed by atoms with Gasteiger partial charge in [-0.05, 0) is 52.8 Å². The molecule has 0 saturated carbocycles. The molecule has 4 nitrogen and oxygen atoms in total. The minimum atomic E-state index is -0.311. The van der Waals surface area contributed by atoms with Gasteiger partial charge in [-0.25, -0.2) is 4.98 Å². The van der Waals surface area contributed by atoms with E-state index in [1.165, 1.54) is 5.56 Å². The molecule has 0 spiro atoms. The van der Waals surface area contributed by atoms with Crippen LogP contribution in [0.1, 0.15) is 12.5 Å². The highest BCUT2D eigenvalue weighted by molar-refractivity contribution is 9.10. The van der Waals surface area contributed by atoms with Gasteiger partial charge in [0.15, 0.2) is 0 Å². The molecule has 32 heavy (non-hydrogen) atoms. The van der Waals surface area contributed by atoms with Crippen LogP contribution >= 0.6 is 15.9 Å². The number of rotatable bonds is 4. The number of non-ortho nitro benzene ring substituents is 1. The Hall–Kier alpha value is -3.57. The molecule has 0 radical (unpaired) electrons. The predicted octanol–water partition coefficient (Wildman–Crippen LogP) is 7.96. The average molecular weight is 483 g/mol. The van der Waals surface area contributed by atoms with E-state index < -0.39 is 0 Å². The zero-order valence-electron chi connectivity index (χ0n) is 17.4. The summed E-state index contributed by atoms with van der Waals surface area (Å²) in [5.74, 6) is 0. The van der Waals surface area contributed by atoms with Crippen LogP contribution in [0.3, 0.4) is 0 Å². The van der Waals surface area contributed by atoms with Crippen LogP contribution in [0.2, 0.25) is 0 Å². The van der Waals surface area contributed by atoms with E-state index in [2.05, 4.69) is 47.1 Å². The molecule has 0 amide bonds. The number of hydrogen-bond donors (Lipinski definition) is 0. The van der Waals surface area contributed by atoms with Crippen molar-refractivity contribution in [3.8, 4) is 22.4 Å². The number of pyridine rings is 1. The minimum absolute atomic E-state index is 0.0951. The molecule has 0 bridgehead atoms. The summed E-state index contributed by atoms with van der Waals surface area (Å²) in [4.78, 5) is 16.5. The van der Waals surface area contributed by atoms with Crippen LogP contribution in [0.15, 0.2) is 89.4 Å². The zero-order valence-corrected chi connectivity index (χ0v) is 19.0. The Kier molecular flexibility index (Phi) is 5.19. The first-order chi connectivity index (χ1) is 15.5. The molecule has 0 aliphatic rings. The third-order valence-corrected chi connectivity index (χ3v) is 6.33. The van der Waals surface area contributed by atoms with Crippen molar-refractivity contribution in [2.75, 3.05) is 0 Å². The number of nitrogens with zero attached hydrogens (tertiary/aromatic N) is 2. The molecule has 0 unspecified atom stereocenters. The lowest BCUT2D eigenvalue weighted by Crippen LogP contribution is -1.95. The van der Waals surface area contributed by atoms with Crippen molar-refractivity contribution in [3.05, 3.63) is 105 Å². The van der Waals surface area contributed by atoms with Gasteiger partial charge in [-0.3, -0.25) is 10.1 Å². The molecule has 4 aromatic carbocycles. The summed E-state index contributed by atoms with van der Waals surface area (Å²) in [5.41, 5.74) is 5.85. The van der Waals surface area contributed by atoms with Gasteiger partial charge in [-0.1, -0.05) is 77.5 Å². The molecule has 1 aromatic heterocycles. The van der Waals surface area contributed by atoms with Gasteiger partial charge in [-0.15, -0.1) is 0 Å². The van der Waals surface area contributed by atoms with Crippen molar-refractivity contribution < 1.29 is 4.92 Å². The highest BCUT2D eigenvalue weighted by Gasteiger charge is 2.19. The Morgan fingerprint density at radius 1 is 0.875 bits per heavy atom. The van der Waals surface area contributed by atoms with Crippen LogP contribution in [-0.4, -0.2) is 9.91 Å². The van der Waals surface area contributed by atoms with Crippen LogP contribution in [0.4, 0.5) is 5.69 Å². The predicted molar refractivity (Wildman–Crippen MR) is 134 cm³/mol. The normalized spacial score (nSPS) is 11.2. The molecule has 156 valence electrons. The first kappa shape index (κ1) is 20.3. The second-order valence-corrected chi connectivity index (χ2v) is 8.62. The van der Waals surface area contributed by atoms with Crippen molar-refractivity contribution in [2.24, 2.45) is 0 Å². The van der Waals surface area contributed by atoms with Crippen LogP contribution in [0.5, 0.6) is 0 Å². The fraction of sp³-hybridized carbons (Fsp3) is 0.0741. The summed E-state index contributed by atoms with van der Waals surface area (Å²) in [6.07, 6.45) is 0.954. The highest BCUT2D eigenvalue weighted by atomic mass is 79.9. The van der Waals surface area contributed by atoms with Gasteiger partial charge in [0.25, 0.3) is 5.69 Å². The summed E-state index contributed by atoms with van der Waals surface area (Å²) >= 11 is 3.49. The molecule has 5 aromatic rings. The molecule has 5 rings (SSSR count). The van der Waals surface area contributed by atoms with Gasteiger partial charge in [0.05, 0.1) is 21.5 Å². The van der Waals surface area contributed by atoms with Crippen molar-refractivity contribution in [1.82, 2.24) is 4.98 Å². The lowest BCUT2D eigenvalue weighted by atomic mass is 9.93. The lowest BCUT2D eigenvalue weighted by Gasteiger charge is -2.13. The van der Waals surface area contributed by atoms with E-state index in [9.17, 15) is 10.1 Å². The van der Waals surface area contributed by atoms with E-state index in [1.807, 2.05) is 48.5 Å². The summed E-state index contributed by atoms with van der Waals surface area (Å²) in [7, 11) is 0. The number of nitro benzene ring substituents is 1. The average Bonchev–Trinajstić information content (AvgIpc) is 2.83. The number of nitro groups is 1. The van der Waals surface area contributed by atoms with Crippen LogP contribution in [-0.2, 0) is 6.42 Å². The SMILES string of the molecule is CCc1ccc(-c2cc(-c3ccc(Br)cc3)nc3ccc4cccc([N+](=O)[O-])c4c23)cc1. The number of benzene rings is 4. The van der Waals surface area contributed by atoms with E-state index in [4.69, 9.17) is 4.98 Å². The van der Waals surface area contributed by atoms with Gasteiger partial charge in [0.1, 0.15) is 0 Å². The largest absolute Gasteiger partial charge is 0.277 e. The van der Waals surface area contributed by atoms with Crippen molar-refractivity contribution in [2.45, 2.75) is 13.3 Å². The van der Waals surface area contributed by atoms with Crippen molar-refractivity contribution in [3.63, 3.8) is 0 Å². The van der Waals surface area contributed by atoms with Crippen molar-refractivity contribution in [1.29, 1.82) is 0 Å². The maximum Gasteiger partial charge on any atom is 0.277 e. The highest BCUT2D eigenvalue weighted by Crippen LogP contribution is 2.40. The maximum absolute atomic E-state index is 11.9. The first-order valence-electron chi connectivity index (χ1n) is 10.4. The summed E-state index contributed by atoms with van der Waals surface area (Å²) in [6.45, 7) is 2.12. The molecule has 1 heterocycles. The Morgan fingerprint density at radius 3 is 2.28 bits per heavy atom. The Balaban J connectivity index is 1.90. The van der Waals surface area contributed by atoms with Gasteiger partial charge >= 0.3 is 0 Å². The third-order valence-electron chi connectivity index (χ3n) is 5.80. The second-order valence-electron chi connectivity index (χ2n) is 7.70. The Labute approximate surface area is 193 Å². The Morgan fingerprint density at radius 2 is 1.59 bits per heavy atom. The number of hydrogen-bond acceptors (Lipinski definition) is 3. The summed E-state index contributed by atoms with van der Waals surface area (Å²) in [5, 5.41) is 14.2. The van der Waals surface area contributed by atoms with Gasteiger partial charge in [0, 0.05) is 21.5 Å². The second kappa shape index (κ2) is 8.17. The fourth-order valence-electron chi connectivity index (χ4n) is 4.15. The molecular weight excluding hydrogens is 464 g/mol. The quantitative estimate of drug-likeness (QED) is 0.148.